The Hall–Kier alpha value is -0.650. The van der Waals surface area contributed by atoms with Gasteiger partial charge >= 0.3 is 0 Å². The van der Waals surface area contributed by atoms with E-state index in [0.717, 1.165) is 39.0 Å². The van der Waals surface area contributed by atoms with Crippen molar-refractivity contribution < 1.29 is 9.90 Å². The first-order valence-electron chi connectivity index (χ1n) is 7.41. The number of aliphatic hydroxyl groups is 1. The van der Waals surface area contributed by atoms with E-state index in [-0.39, 0.29) is 5.91 Å². The lowest BCUT2D eigenvalue weighted by atomic mass is 9.86. The molecule has 3 rings (SSSR count). The molecule has 1 aliphatic carbocycles. The van der Waals surface area contributed by atoms with E-state index in [9.17, 15) is 9.90 Å². The molecule has 5 heteroatoms. The third-order valence-electron chi connectivity index (χ3n) is 4.98. The van der Waals surface area contributed by atoms with Crippen molar-refractivity contribution >= 4 is 5.91 Å². The molecule has 0 bridgehead atoms. The highest BCUT2D eigenvalue weighted by molar-refractivity contribution is 5.86. The van der Waals surface area contributed by atoms with Gasteiger partial charge in [0.05, 0.1) is 18.6 Å². The third-order valence-corrected chi connectivity index (χ3v) is 4.98. The van der Waals surface area contributed by atoms with Gasteiger partial charge in [-0.1, -0.05) is 0 Å². The first-order chi connectivity index (χ1) is 8.93. The van der Waals surface area contributed by atoms with E-state index in [4.69, 9.17) is 0 Å². The first kappa shape index (κ1) is 13.3. The summed E-state index contributed by atoms with van der Waals surface area (Å²) in [6.45, 7) is 8.81. The summed E-state index contributed by atoms with van der Waals surface area (Å²) >= 11 is 0. The lowest BCUT2D eigenvalue weighted by Gasteiger charge is -2.51. The van der Waals surface area contributed by atoms with Gasteiger partial charge in [-0.2, -0.15) is 0 Å². The molecule has 3 fully saturated rings. The van der Waals surface area contributed by atoms with Gasteiger partial charge in [0.1, 0.15) is 5.60 Å². The maximum absolute atomic E-state index is 12.6. The summed E-state index contributed by atoms with van der Waals surface area (Å²) in [6, 6.07) is 0. The van der Waals surface area contributed by atoms with Crippen molar-refractivity contribution in [2.24, 2.45) is 5.92 Å². The number of β-amino-alcohol motifs (C(OH)–C–C–N with tert-alkyl or cyclic N) is 1. The molecule has 0 radical (unpaired) electrons. The van der Waals surface area contributed by atoms with Gasteiger partial charge in [-0.3, -0.25) is 9.69 Å². The Labute approximate surface area is 114 Å². The maximum atomic E-state index is 12.6. The van der Waals surface area contributed by atoms with Gasteiger partial charge in [-0.05, 0) is 32.6 Å². The SMILES string of the molecule is CC(C)(C(=O)N1CC(O)(C2CC2)C1)N1CCNCC1. The third kappa shape index (κ3) is 2.28. The zero-order chi connectivity index (χ0) is 13.7. The van der Waals surface area contributed by atoms with Gasteiger partial charge in [0.15, 0.2) is 0 Å². The molecule has 2 heterocycles. The van der Waals surface area contributed by atoms with Crippen LogP contribution >= 0.6 is 0 Å². The molecule has 0 spiro atoms. The molecule has 0 unspecified atom stereocenters. The van der Waals surface area contributed by atoms with Crippen LogP contribution in [0.1, 0.15) is 26.7 Å². The predicted molar refractivity (Wildman–Crippen MR) is 72.8 cm³/mol. The van der Waals surface area contributed by atoms with Crippen molar-refractivity contribution in [1.29, 1.82) is 0 Å². The van der Waals surface area contributed by atoms with E-state index >= 15 is 0 Å². The highest BCUT2D eigenvalue weighted by Crippen LogP contribution is 2.45. The molecule has 0 aromatic heterocycles. The zero-order valence-electron chi connectivity index (χ0n) is 12.0. The van der Waals surface area contributed by atoms with Gasteiger partial charge in [-0.15, -0.1) is 0 Å². The van der Waals surface area contributed by atoms with Crippen LogP contribution in [0.25, 0.3) is 0 Å². The van der Waals surface area contributed by atoms with Crippen LogP contribution in [0.5, 0.6) is 0 Å². The van der Waals surface area contributed by atoms with Gasteiger partial charge in [0.25, 0.3) is 0 Å². The van der Waals surface area contributed by atoms with Crippen molar-refractivity contribution in [2.45, 2.75) is 37.8 Å². The van der Waals surface area contributed by atoms with Crippen molar-refractivity contribution in [3.63, 3.8) is 0 Å². The molecule has 0 atom stereocenters. The number of amides is 1. The van der Waals surface area contributed by atoms with E-state index in [1.807, 2.05) is 18.7 Å². The van der Waals surface area contributed by atoms with Crippen LogP contribution in [0.3, 0.4) is 0 Å². The zero-order valence-corrected chi connectivity index (χ0v) is 12.0. The van der Waals surface area contributed by atoms with Gasteiger partial charge in [-0.25, -0.2) is 0 Å². The van der Waals surface area contributed by atoms with Crippen molar-refractivity contribution in [3.05, 3.63) is 0 Å². The summed E-state index contributed by atoms with van der Waals surface area (Å²) in [5.74, 6) is 0.610. The van der Waals surface area contributed by atoms with E-state index in [2.05, 4.69) is 10.2 Å². The minimum absolute atomic E-state index is 0.166. The van der Waals surface area contributed by atoms with E-state index < -0.39 is 11.1 Å². The second kappa shape index (κ2) is 4.43. The Morgan fingerprint density at radius 3 is 2.37 bits per heavy atom. The summed E-state index contributed by atoms with van der Waals surface area (Å²) in [5.41, 5.74) is -1.03. The average Bonchev–Trinajstić information content (AvgIpc) is 3.19. The van der Waals surface area contributed by atoms with E-state index in [1.54, 1.807) is 0 Å². The standard InChI is InChI=1S/C14H25N3O2/c1-13(2,17-7-5-15-6-8-17)12(18)16-9-14(19,10-16)11-3-4-11/h11,15,19H,3-10H2,1-2H3. The molecule has 0 aromatic carbocycles. The van der Waals surface area contributed by atoms with Crippen LogP contribution < -0.4 is 5.32 Å². The molecule has 2 aliphatic heterocycles. The Kier molecular flexibility index (Phi) is 3.11. The van der Waals surface area contributed by atoms with Gasteiger partial charge in [0, 0.05) is 26.2 Å². The molecule has 1 saturated carbocycles. The number of carbonyl (C=O) groups excluding carboxylic acids is 1. The lowest BCUT2D eigenvalue weighted by Crippen LogP contribution is -2.70. The van der Waals surface area contributed by atoms with Crippen LogP contribution in [0, 0.1) is 5.92 Å². The smallest absolute Gasteiger partial charge is 0.242 e. The Bertz CT molecular complexity index is 367. The number of carbonyl (C=O) groups is 1. The monoisotopic (exact) mass is 267 g/mol. The molecule has 108 valence electrons. The summed E-state index contributed by atoms with van der Waals surface area (Å²) in [5, 5.41) is 13.6. The molecular weight excluding hydrogens is 242 g/mol. The minimum atomic E-state index is -0.574. The molecule has 1 amide bonds. The average molecular weight is 267 g/mol. The molecular formula is C14H25N3O2. The number of rotatable bonds is 3. The Morgan fingerprint density at radius 2 is 1.84 bits per heavy atom. The highest BCUT2D eigenvalue weighted by atomic mass is 16.3. The summed E-state index contributed by atoms with van der Waals surface area (Å²) in [7, 11) is 0. The van der Waals surface area contributed by atoms with Crippen molar-refractivity contribution in [3.8, 4) is 0 Å². The molecule has 5 nitrogen and oxygen atoms in total. The Morgan fingerprint density at radius 1 is 1.26 bits per heavy atom. The second-order valence-electron chi connectivity index (χ2n) is 6.84. The number of likely N-dealkylation sites (tertiary alicyclic amines) is 1. The maximum Gasteiger partial charge on any atom is 0.242 e. The van der Waals surface area contributed by atoms with Crippen LogP contribution in [-0.4, -0.2) is 71.2 Å². The molecule has 2 saturated heterocycles. The number of nitrogens with zero attached hydrogens (tertiary/aromatic N) is 2. The molecule has 3 aliphatic rings. The fourth-order valence-electron chi connectivity index (χ4n) is 3.38. The highest BCUT2D eigenvalue weighted by Gasteiger charge is 2.55. The number of hydrogen-bond donors (Lipinski definition) is 2. The number of nitrogens with one attached hydrogen (secondary N) is 1. The first-order valence-corrected chi connectivity index (χ1v) is 7.41. The van der Waals surface area contributed by atoms with Gasteiger partial charge in [0.2, 0.25) is 5.91 Å². The number of piperazine rings is 1. The lowest BCUT2D eigenvalue weighted by molar-refractivity contribution is -0.170. The Balaban J connectivity index is 1.60. The van der Waals surface area contributed by atoms with Crippen molar-refractivity contribution in [2.75, 3.05) is 39.3 Å². The minimum Gasteiger partial charge on any atom is -0.386 e. The predicted octanol–water partition coefficient (Wildman–Crippen LogP) is -0.346. The van der Waals surface area contributed by atoms with Crippen LogP contribution in [0.2, 0.25) is 0 Å². The fraction of sp³-hybridized carbons (Fsp3) is 0.929. The summed E-state index contributed by atoms with van der Waals surface area (Å²) in [6.07, 6.45) is 2.25. The molecule has 2 N–H and O–H groups in total. The van der Waals surface area contributed by atoms with Gasteiger partial charge < -0.3 is 15.3 Å². The molecule has 19 heavy (non-hydrogen) atoms. The molecule has 0 aromatic rings. The van der Waals surface area contributed by atoms with Crippen LogP contribution in [0.15, 0.2) is 0 Å². The normalized spacial score (nSPS) is 28.1. The van der Waals surface area contributed by atoms with E-state index in [1.165, 1.54) is 0 Å². The second-order valence-corrected chi connectivity index (χ2v) is 6.84. The van der Waals surface area contributed by atoms with E-state index in [0.29, 0.717) is 19.0 Å². The summed E-state index contributed by atoms with van der Waals surface area (Å²) < 4.78 is 0. The topological polar surface area (TPSA) is 55.8 Å². The summed E-state index contributed by atoms with van der Waals surface area (Å²) in [4.78, 5) is 16.7. The fourth-order valence-corrected chi connectivity index (χ4v) is 3.38. The largest absolute Gasteiger partial charge is 0.386 e. The van der Waals surface area contributed by atoms with Crippen molar-refractivity contribution in [1.82, 2.24) is 15.1 Å². The van der Waals surface area contributed by atoms with Crippen LogP contribution in [0.4, 0.5) is 0 Å². The van der Waals surface area contributed by atoms with Crippen LogP contribution in [-0.2, 0) is 4.79 Å². The quantitative estimate of drug-likeness (QED) is 0.734. The number of hydrogen-bond acceptors (Lipinski definition) is 4.